The number of benzene rings is 2. The number of carbonyl (C=O) groups excluding carboxylic acids is 1. The van der Waals surface area contributed by atoms with Crippen LogP contribution in [0.25, 0.3) is 11.1 Å². The van der Waals surface area contributed by atoms with Crippen LogP contribution >= 0.6 is 0 Å². The van der Waals surface area contributed by atoms with E-state index in [0.29, 0.717) is 5.56 Å². The van der Waals surface area contributed by atoms with Gasteiger partial charge in [-0.05, 0) is 24.5 Å². The predicted molar refractivity (Wildman–Crippen MR) is 97.2 cm³/mol. The fourth-order valence-corrected chi connectivity index (χ4v) is 5.30. The van der Waals surface area contributed by atoms with Gasteiger partial charge in [-0.1, -0.05) is 61.4 Å². The Labute approximate surface area is 148 Å². The Morgan fingerprint density at radius 1 is 1.00 bits per heavy atom. The highest BCUT2D eigenvalue weighted by atomic mass is 32.2. The molecule has 0 saturated heterocycles. The highest BCUT2D eigenvalue weighted by Gasteiger charge is 2.35. The maximum absolute atomic E-state index is 13.4. The van der Waals surface area contributed by atoms with Gasteiger partial charge >= 0.3 is 0 Å². The molecular weight excluding hydrogens is 336 g/mol. The minimum Gasteiger partial charge on any atom is -0.369 e. The third-order valence-corrected chi connectivity index (χ3v) is 6.56. The molecule has 5 nitrogen and oxygen atoms in total. The van der Waals surface area contributed by atoms with Crippen molar-refractivity contribution < 1.29 is 13.2 Å². The summed E-state index contributed by atoms with van der Waals surface area (Å²) in [6.45, 7) is -0.282. The smallest absolute Gasteiger partial charge is 0.244 e. The average Bonchev–Trinajstić information content (AvgIpc) is 3.14. The van der Waals surface area contributed by atoms with Gasteiger partial charge in [-0.3, -0.25) is 4.79 Å². The second-order valence-corrected chi connectivity index (χ2v) is 8.18. The summed E-state index contributed by atoms with van der Waals surface area (Å²) in [6.07, 6.45) is 3.46. The van der Waals surface area contributed by atoms with Crippen molar-refractivity contribution in [1.82, 2.24) is 4.31 Å². The van der Waals surface area contributed by atoms with Crippen molar-refractivity contribution in [1.29, 1.82) is 0 Å². The highest BCUT2D eigenvalue weighted by molar-refractivity contribution is 7.89. The van der Waals surface area contributed by atoms with Gasteiger partial charge < -0.3 is 5.73 Å². The van der Waals surface area contributed by atoms with Gasteiger partial charge in [0.1, 0.15) is 0 Å². The van der Waals surface area contributed by atoms with Gasteiger partial charge in [0.2, 0.25) is 15.9 Å². The van der Waals surface area contributed by atoms with Crippen molar-refractivity contribution in [2.75, 3.05) is 6.54 Å². The normalized spacial score (nSPS) is 15.6. The number of amides is 1. The maximum Gasteiger partial charge on any atom is 0.244 e. The average molecular weight is 358 g/mol. The molecule has 1 aliphatic rings. The molecule has 0 aromatic heterocycles. The van der Waals surface area contributed by atoms with Crippen LogP contribution in [0.3, 0.4) is 0 Å². The third kappa shape index (κ3) is 3.75. The molecule has 25 heavy (non-hydrogen) atoms. The number of nitrogens with zero attached hydrogens (tertiary/aromatic N) is 1. The SMILES string of the molecule is NC(=O)CN(C1CCCC1)S(=O)(=O)c1ccccc1-c1ccccc1. The second-order valence-electron chi connectivity index (χ2n) is 6.32. The summed E-state index contributed by atoms with van der Waals surface area (Å²) >= 11 is 0. The first kappa shape index (κ1) is 17.6. The van der Waals surface area contributed by atoms with Crippen LogP contribution in [0, 0.1) is 0 Å². The lowest BCUT2D eigenvalue weighted by Gasteiger charge is -2.27. The predicted octanol–water partition coefficient (Wildman–Crippen LogP) is 2.77. The number of rotatable bonds is 6. The fourth-order valence-electron chi connectivity index (χ4n) is 3.43. The van der Waals surface area contributed by atoms with Crippen LogP contribution in [0.1, 0.15) is 25.7 Å². The van der Waals surface area contributed by atoms with E-state index in [2.05, 4.69) is 0 Å². The number of nitrogens with two attached hydrogens (primary N) is 1. The van der Waals surface area contributed by atoms with Crippen LogP contribution < -0.4 is 5.73 Å². The molecule has 2 N–H and O–H groups in total. The zero-order valence-corrected chi connectivity index (χ0v) is 14.8. The Morgan fingerprint density at radius 2 is 1.60 bits per heavy atom. The first-order chi connectivity index (χ1) is 12.0. The van der Waals surface area contributed by atoms with Crippen molar-refractivity contribution in [3.8, 4) is 11.1 Å². The van der Waals surface area contributed by atoms with E-state index in [9.17, 15) is 13.2 Å². The monoisotopic (exact) mass is 358 g/mol. The lowest BCUT2D eigenvalue weighted by atomic mass is 10.1. The van der Waals surface area contributed by atoms with Crippen LogP contribution in [-0.2, 0) is 14.8 Å². The Balaban J connectivity index is 2.08. The summed E-state index contributed by atoms with van der Waals surface area (Å²) in [4.78, 5) is 11.7. The molecule has 0 radical (unpaired) electrons. The number of hydrogen-bond donors (Lipinski definition) is 1. The van der Waals surface area contributed by atoms with Crippen LogP contribution in [0.4, 0.5) is 0 Å². The number of sulfonamides is 1. The van der Waals surface area contributed by atoms with E-state index < -0.39 is 15.9 Å². The van der Waals surface area contributed by atoms with E-state index in [1.165, 1.54) is 4.31 Å². The molecule has 2 aromatic rings. The summed E-state index contributed by atoms with van der Waals surface area (Å²) in [5.41, 5.74) is 6.80. The van der Waals surface area contributed by atoms with Crippen molar-refractivity contribution in [2.24, 2.45) is 5.73 Å². The molecule has 0 unspecified atom stereocenters. The molecule has 1 saturated carbocycles. The third-order valence-electron chi connectivity index (χ3n) is 4.60. The molecule has 6 heteroatoms. The van der Waals surface area contributed by atoms with E-state index in [1.54, 1.807) is 18.2 Å². The minimum atomic E-state index is -3.83. The largest absolute Gasteiger partial charge is 0.369 e. The van der Waals surface area contributed by atoms with Gasteiger partial charge in [-0.2, -0.15) is 4.31 Å². The first-order valence-electron chi connectivity index (χ1n) is 8.45. The first-order valence-corrected chi connectivity index (χ1v) is 9.89. The van der Waals surface area contributed by atoms with Crippen LogP contribution in [0.2, 0.25) is 0 Å². The van der Waals surface area contributed by atoms with E-state index >= 15 is 0 Å². The highest BCUT2D eigenvalue weighted by Crippen LogP contribution is 2.33. The molecule has 1 amide bonds. The number of carbonyl (C=O) groups is 1. The fraction of sp³-hybridized carbons (Fsp3) is 0.316. The molecule has 0 spiro atoms. The van der Waals surface area contributed by atoms with Crippen LogP contribution in [0.15, 0.2) is 59.5 Å². The van der Waals surface area contributed by atoms with Gasteiger partial charge in [0.15, 0.2) is 0 Å². The molecule has 2 aromatic carbocycles. The van der Waals surface area contributed by atoms with E-state index in [4.69, 9.17) is 5.73 Å². The Morgan fingerprint density at radius 3 is 2.24 bits per heavy atom. The van der Waals surface area contributed by atoms with Crippen molar-refractivity contribution in [3.05, 3.63) is 54.6 Å². The number of primary amides is 1. The van der Waals surface area contributed by atoms with Gasteiger partial charge in [-0.25, -0.2) is 8.42 Å². The quantitative estimate of drug-likeness (QED) is 0.862. The molecule has 1 fully saturated rings. The summed E-state index contributed by atoms with van der Waals surface area (Å²) < 4.78 is 28.0. The lowest BCUT2D eigenvalue weighted by Crippen LogP contribution is -2.44. The van der Waals surface area contributed by atoms with Crippen LogP contribution in [0.5, 0.6) is 0 Å². The van der Waals surface area contributed by atoms with E-state index in [0.717, 1.165) is 31.2 Å². The molecule has 3 rings (SSSR count). The molecular formula is C19H22N2O3S. The Hall–Kier alpha value is -2.18. The zero-order valence-electron chi connectivity index (χ0n) is 14.0. The Bertz CT molecular complexity index is 844. The molecule has 1 aliphatic carbocycles. The van der Waals surface area contributed by atoms with Gasteiger partial charge in [-0.15, -0.1) is 0 Å². The maximum atomic E-state index is 13.4. The van der Waals surface area contributed by atoms with Gasteiger partial charge in [0.05, 0.1) is 11.4 Å². The van der Waals surface area contributed by atoms with Gasteiger partial charge in [0, 0.05) is 11.6 Å². The summed E-state index contributed by atoms with van der Waals surface area (Å²) in [7, 11) is -3.83. The summed E-state index contributed by atoms with van der Waals surface area (Å²) in [6, 6.07) is 16.1. The molecule has 0 atom stereocenters. The van der Waals surface area contributed by atoms with Crippen molar-refractivity contribution in [2.45, 2.75) is 36.6 Å². The standard InChI is InChI=1S/C19H22N2O3S/c20-19(22)14-21(16-10-4-5-11-16)25(23,24)18-13-7-6-12-17(18)15-8-2-1-3-9-15/h1-3,6-9,12-13,16H,4-5,10-11,14H2,(H2,20,22). The molecule has 0 heterocycles. The van der Waals surface area contributed by atoms with Crippen LogP contribution in [-0.4, -0.2) is 31.2 Å². The summed E-state index contributed by atoms with van der Waals surface area (Å²) in [5.74, 6) is -0.632. The van der Waals surface area contributed by atoms with E-state index in [1.807, 2.05) is 36.4 Å². The topological polar surface area (TPSA) is 80.5 Å². The lowest BCUT2D eigenvalue weighted by molar-refractivity contribution is -0.118. The second kappa shape index (κ2) is 7.37. The summed E-state index contributed by atoms with van der Waals surface area (Å²) in [5, 5.41) is 0. The van der Waals surface area contributed by atoms with Gasteiger partial charge in [0.25, 0.3) is 0 Å². The molecule has 0 aliphatic heterocycles. The van der Waals surface area contributed by atoms with E-state index in [-0.39, 0.29) is 17.5 Å². The van der Waals surface area contributed by atoms with Crippen molar-refractivity contribution in [3.63, 3.8) is 0 Å². The molecule has 0 bridgehead atoms. The minimum absolute atomic E-state index is 0.165. The number of hydrogen-bond acceptors (Lipinski definition) is 3. The Kier molecular flexibility index (Phi) is 5.20. The molecule has 132 valence electrons. The van der Waals surface area contributed by atoms with Crippen molar-refractivity contribution >= 4 is 15.9 Å². The zero-order chi connectivity index (χ0) is 17.9.